The summed E-state index contributed by atoms with van der Waals surface area (Å²) in [5.74, 6) is -0.134. The Morgan fingerprint density at radius 2 is 1.93 bits per heavy atom. The first-order chi connectivity index (χ1) is 6.77. The summed E-state index contributed by atoms with van der Waals surface area (Å²) in [6.07, 6.45) is 1.44. The number of hydrogen-bond acceptors (Lipinski definition) is 4. The van der Waals surface area contributed by atoms with E-state index >= 15 is 0 Å². The lowest BCUT2D eigenvalue weighted by molar-refractivity contribution is -0.129. The van der Waals surface area contributed by atoms with E-state index in [0.29, 0.717) is 13.2 Å². The molecule has 0 atom stereocenters. The topological polar surface area (TPSA) is 78.8 Å². The van der Waals surface area contributed by atoms with Gasteiger partial charge < -0.3 is 20.3 Å². The first kappa shape index (κ1) is 11.4. The third-order valence-corrected chi connectivity index (χ3v) is 2.38. The molecule has 0 saturated carbocycles. The zero-order valence-electron chi connectivity index (χ0n) is 8.11. The molecule has 1 aliphatic rings. The van der Waals surface area contributed by atoms with Gasteiger partial charge in [0.1, 0.15) is 0 Å². The highest BCUT2D eigenvalue weighted by Gasteiger charge is 2.23. The minimum Gasteiger partial charge on any atom is -0.394 e. The van der Waals surface area contributed by atoms with Crippen molar-refractivity contribution in [2.45, 2.75) is 18.9 Å². The average molecular weight is 203 g/mol. The molecule has 1 amide bonds. The SMILES string of the molecule is O=C(NC(CO)CO)C1CCOCC1. The fourth-order valence-electron chi connectivity index (χ4n) is 1.43. The smallest absolute Gasteiger partial charge is 0.223 e. The van der Waals surface area contributed by atoms with Gasteiger partial charge in [0.25, 0.3) is 0 Å². The van der Waals surface area contributed by atoms with Gasteiger partial charge in [-0.2, -0.15) is 0 Å². The van der Waals surface area contributed by atoms with Crippen LogP contribution in [0.25, 0.3) is 0 Å². The van der Waals surface area contributed by atoms with E-state index in [9.17, 15) is 4.79 Å². The van der Waals surface area contributed by atoms with E-state index in [2.05, 4.69) is 5.32 Å². The van der Waals surface area contributed by atoms with E-state index in [4.69, 9.17) is 14.9 Å². The lowest BCUT2D eigenvalue weighted by Gasteiger charge is -2.23. The maximum Gasteiger partial charge on any atom is 0.223 e. The Labute approximate surface area is 83.1 Å². The molecule has 1 rings (SSSR count). The molecule has 5 nitrogen and oxygen atoms in total. The lowest BCUT2D eigenvalue weighted by atomic mass is 9.99. The van der Waals surface area contributed by atoms with Crippen molar-refractivity contribution in [1.29, 1.82) is 0 Å². The predicted octanol–water partition coefficient (Wildman–Crippen LogP) is -1.12. The van der Waals surface area contributed by atoms with Crippen LogP contribution in [0, 0.1) is 5.92 Å². The zero-order chi connectivity index (χ0) is 10.4. The Kier molecular flexibility index (Phi) is 4.86. The van der Waals surface area contributed by atoms with Gasteiger partial charge in [0.2, 0.25) is 5.91 Å². The summed E-state index contributed by atoms with van der Waals surface area (Å²) in [5.41, 5.74) is 0. The molecule has 5 heteroatoms. The van der Waals surface area contributed by atoms with Gasteiger partial charge in [0.05, 0.1) is 19.3 Å². The van der Waals surface area contributed by atoms with E-state index < -0.39 is 6.04 Å². The van der Waals surface area contributed by atoms with Crippen molar-refractivity contribution < 1.29 is 19.7 Å². The van der Waals surface area contributed by atoms with Crippen LogP contribution < -0.4 is 5.32 Å². The van der Waals surface area contributed by atoms with Crippen LogP contribution in [0.4, 0.5) is 0 Å². The number of aliphatic hydroxyl groups is 2. The van der Waals surface area contributed by atoms with Crippen molar-refractivity contribution in [3.05, 3.63) is 0 Å². The predicted molar refractivity (Wildman–Crippen MR) is 49.6 cm³/mol. The van der Waals surface area contributed by atoms with Gasteiger partial charge in [-0.25, -0.2) is 0 Å². The van der Waals surface area contributed by atoms with Crippen molar-refractivity contribution in [3.63, 3.8) is 0 Å². The summed E-state index contributed by atoms with van der Waals surface area (Å²) in [4.78, 5) is 11.5. The van der Waals surface area contributed by atoms with Crippen LogP contribution >= 0.6 is 0 Å². The molecule has 1 aliphatic heterocycles. The molecule has 0 aromatic heterocycles. The number of hydrogen-bond donors (Lipinski definition) is 3. The molecular weight excluding hydrogens is 186 g/mol. The Balaban J connectivity index is 2.32. The van der Waals surface area contributed by atoms with Crippen LogP contribution in [0.3, 0.4) is 0 Å². The van der Waals surface area contributed by atoms with Crippen LogP contribution in [0.15, 0.2) is 0 Å². The second-order valence-corrected chi connectivity index (χ2v) is 3.46. The van der Waals surface area contributed by atoms with E-state index in [-0.39, 0.29) is 25.0 Å². The summed E-state index contributed by atoms with van der Waals surface area (Å²) in [7, 11) is 0. The number of nitrogens with one attached hydrogen (secondary N) is 1. The highest BCUT2D eigenvalue weighted by Crippen LogP contribution is 2.14. The number of amides is 1. The Morgan fingerprint density at radius 1 is 1.36 bits per heavy atom. The van der Waals surface area contributed by atoms with Gasteiger partial charge in [0, 0.05) is 19.1 Å². The van der Waals surface area contributed by atoms with E-state index in [1.165, 1.54) is 0 Å². The third kappa shape index (κ3) is 3.25. The minimum atomic E-state index is -0.537. The van der Waals surface area contributed by atoms with Gasteiger partial charge in [-0.3, -0.25) is 4.79 Å². The summed E-state index contributed by atoms with van der Waals surface area (Å²) in [5, 5.41) is 20.1. The molecule has 0 aromatic carbocycles. The Hall–Kier alpha value is -0.650. The average Bonchev–Trinajstić information content (AvgIpc) is 2.26. The van der Waals surface area contributed by atoms with Crippen molar-refractivity contribution in [2.24, 2.45) is 5.92 Å². The van der Waals surface area contributed by atoms with E-state index in [0.717, 1.165) is 12.8 Å². The minimum absolute atomic E-state index is 0.0376. The number of rotatable bonds is 4. The molecule has 14 heavy (non-hydrogen) atoms. The van der Waals surface area contributed by atoms with Crippen molar-refractivity contribution in [2.75, 3.05) is 26.4 Å². The van der Waals surface area contributed by atoms with Crippen molar-refractivity contribution in [1.82, 2.24) is 5.32 Å². The first-order valence-electron chi connectivity index (χ1n) is 4.87. The Morgan fingerprint density at radius 3 is 2.43 bits per heavy atom. The molecule has 1 fully saturated rings. The molecule has 0 aromatic rings. The fraction of sp³-hybridized carbons (Fsp3) is 0.889. The van der Waals surface area contributed by atoms with Crippen molar-refractivity contribution >= 4 is 5.91 Å². The number of ether oxygens (including phenoxy) is 1. The van der Waals surface area contributed by atoms with E-state index in [1.54, 1.807) is 0 Å². The van der Waals surface area contributed by atoms with Crippen LogP contribution in [-0.2, 0) is 9.53 Å². The summed E-state index contributed by atoms with van der Waals surface area (Å²) in [6.45, 7) is 0.763. The number of aliphatic hydroxyl groups excluding tert-OH is 2. The van der Waals surface area contributed by atoms with Crippen LogP contribution in [0.1, 0.15) is 12.8 Å². The monoisotopic (exact) mass is 203 g/mol. The largest absolute Gasteiger partial charge is 0.394 e. The highest BCUT2D eigenvalue weighted by atomic mass is 16.5. The molecule has 1 saturated heterocycles. The molecule has 1 heterocycles. The lowest BCUT2D eigenvalue weighted by Crippen LogP contribution is -2.44. The Bertz CT molecular complexity index is 176. The molecular formula is C9H17NO4. The summed E-state index contributed by atoms with van der Waals surface area (Å²) >= 11 is 0. The van der Waals surface area contributed by atoms with Gasteiger partial charge in [0.15, 0.2) is 0 Å². The normalized spacial score (nSPS) is 18.5. The highest BCUT2D eigenvalue weighted by molar-refractivity contribution is 5.79. The molecule has 0 spiro atoms. The molecule has 0 radical (unpaired) electrons. The van der Waals surface area contributed by atoms with Crippen LogP contribution in [0.2, 0.25) is 0 Å². The van der Waals surface area contributed by atoms with Crippen LogP contribution in [0.5, 0.6) is 0 Å². The molecule has 0 aliphatic carbocycles. The third-order valence-electron chi connectivity index (χ3n) is 2.38. The summed E-state index contributed by atoms with van der Waals surface area (Å²) < 4.78 is 5.13. The van der Waals surface area contributed by atoms with Gasteiger partial charge >= 0.3 is 0 Å². The fourth-order valence-corrected chi connectivity index (χ4v) is 1.43. The molecule has 0 unspecified atom stereocenters. The maximum absolute atomic E-state index is 11.5. The standard InChI is InChI=1S/C9H17NO4/c11-5-8(6-12)10-9(13)7-1-3-14-4-2-7/h7-8,11-12H,1-6H2,(H,10,13). The number of carbonyl (C=O) groups excluding carboxylic acids is 1. The molecule has 3 N–H and O–H groups in total. The van der Waals surface area contributed by atoms with Gasteiger partial charge in [-0.05, 0) is 12.8 Å². The summed E-state index contributed by atoms with van der Waals surface area (Å²) in [6, 6.07) is -0.537. The maximum atomic E-state index is 11.5. The number of carbonyl (C=O) groups is 1. The first-order valence-corrected chi connectivity index (χ1v) is 4.87. The molecule has 82 valence electrons. The van der Waals surface area contributed by atoms with E-state index in [1.807, 2.05) is 0 Å². The second kappa shape index (κ2) is 5.95. The zero-order valence-corrected chi connectivity index (χ0v) is 8.11. The van der Waals surface area contributed by atoms with Gasteiger partial charge in [-0.15, -0.1) is 0 Å². The second-order valence-electron chi connectivity index (χ2n) is 3.46. The quantitative estimate of drug-likeness (QED) is 0.541. The van der Waals surface area contributed by atoms with Crippen LogP contribution in [-0.4, -0.2) is 48.6 Å². The molecule has 0 bridgehead atoms. The van der Waals surface area contributed by atoms with Crippen molar-refractivity contribution in [3.8, 4) is 0 Å². The van der Waals surface area contributed by atoms with Gasteiger partial charge in [-0.1, -0.05) is 0 Å².